The predicted molar refractivity (Wildman–Crippen MR) is 79.2 cm³/mol. The Kier molecular flexibility index (Phi) is 4.45. The average molecular weight is 280 g/mol. The number of hydrogen-bond acceptors (Lipinski definition) is 6. The van der Waals surface area contributed by atoms with E-state index < -0.39 is 12.2 Å². The minimum atomic E-state index is -0.713. The van der Waals surface area contributed by atoms with Crippen LogP contribution in [-0.2, 0) is 0 Å². The van der Waals surface area contributed by atoms with E-state index in [9.17, 15) is 10.2 Å². The maximum Gasteiger partial charge on any atom is 0.137 e. The second-order valence-corrected chi connectivity index (χ2v) is 5.60. The lowest BCUT2D eigenvalue weighted by atomic mass is 10.2. The Bertz CT molecular complexity index is 468. The summed E-state index contributed by atoms with van der Waals surface area (Å²) < 4.78 is 0. The second kappa shape index (κ2) is 5.93. The lowest BCUT2D eigenvalue weighted by Gasteiger charge is -2.22. The molecule has 6 nitrogen and oxygen atoms in total. The van der Waals surface area contributed by atoms with Crippen molar-refractivity contribution in [1.82, 2.24) is 9.97 Å². The van der Waals surface area contributed by atoms with Crippen molar-refractivity contribution in [2.24, 2.45) is 0 Å². The fourth-order valence-electron chi connectivity index (χ4n) is 2.37. The highest BCUT2D eigenvalue weighted by Crippen LogP contribution is 2.28. The molecule has 1 aromatic rings. The molecule has 0 bridgehead atoms. The number of aliphatic hydroxyl groups is 2. The van der Waals surface area contributed by atoms with E-state index in [1.54, 1.807) is 0 Å². The summed E-state index contributed by atoms with van der Waals surface area (Å²) in [6, 6.07) is 0. The van der Waals surface area contributed by atoms with E-state index in [4.69, 9.17) is 0 Å². The van der Waals surface area contributed by atoms with Gasteiger partial charge in [-0.15, -0.1) is 0 Å². The lowest BCUT2D eigenvalue weighted by Crippen LogP contribution is -2.25. The first-order valence-corrected chi connectivity index (χ1v) is 7.17. The first-order valence-electron chi connectivity index (χ1n) is 7.17. The molecule has 0 radical (unpaired) electrons. The van der Waals surface area contributed by atoms with Gasteiger partial charge >= 0.3 is 0 Å². The van der Waals surface area contributed by atoms with Gasteiger partial charge in [-0.05, 0) is 13.8 Å². The SMILES string of the molecule is CCNc1nc(C(C)C)nc(N2CC(O)C(O)C2)c1C. The Balaban J connectivity index is 2.40. The molecular formula is C14H24N4O2. The molecular weight excluding hydrogens is 256 g/mol. The third-order valence-electron chi connectivity index (χ3n) is 3.56. The smallest absolute Gasteiger partial charge is 0.137 e. The Morgan fingerprint density at radius 2 is 1.85 bits per heavy atom. The molecule has 2 unspecified atom stereocenters. The fourth-order valence-corrected chi connectivity index (χ4v) is 2.37. The lowest BCUT2D eigenvalue weighted by molar-refractivity contribution is 0.0572. The molecule has 1 saturated heterocycles. The summed E-state index contributed by atoms with van der Waals surface area (Å²) in [5, 5.41) is 22.7. The van der Waals surface area contributed by atoms with Crippen LogP contribution in [0, 0.1) is 6.92 Å². The molecule has 2 rings (SSSR count). The van der Waals surface area contributed by atoms with Gasteiger partial charge in [-0.3, -0.25) is 0 Å². The molecule has 0 saturated carbocycles. The Hall–Kier alpha value is -1.40. The third-order valence-corrected chi connectivity index (χ3v) is 3.56. The summed E-state index contributed by atoms with van der Waals surface area (Å²) in [7, 11) is 0. The van der Waals surface area contributed by atoms with Gasteiger partial charge in [0.05, 0.1) is 12.2 Å². The third kappa shape index (κ3) is 2.86. The summed E-state index contributed by atoms with van der Waals surface area (Å²) in [6.45, 7) is 9.70. The zero-order chi connectivity index (χ0) is 14.9. The van der Waals surface area contributed by atoms with Crippen molar-refractivity contribution < 1.29 is 10.2 Å². The van der Waals surface area contributed by atoms with E-state index in [0.717, 1.165) is 29.6 Å². The first-order chi connectivity index (χ1) is 9.43. The molecule has 1 aromatic heterocycles. The highest BCUT2D eigenvalue weighted by atomic mass is 16.3. The maximum absolute atomic E-state index is 9.72. The van der Waals surface area contributed by atoms with Crippen LogP contribution in [0.3, 0.4) is 0 Å². The Labute approximate surface area is 119 Å². The second-order valence-electron chi connectivity index (χ2n) is 5.60. The summed E-state index contributed by atoms with van der Waals surface area (Å²) >= 11 is 0. The summed E-state index contributed by atoms with van der Waals surface area (Å²) in [5.74, 6) is 2.63. The van der Waals surface area contributed by atoms with Crippen LogP contribution in [0.15, 0.2) is 0 Å². The number of rotatable bonds is 4. The number of aromatic nitrogens is 2. The molecule has 112 valence electrons. The molecule has 6 heteroatoms. The molecule has 3 N–H and O–H groups in total. The van der Waals surface area contributed by atoms with Crippen molar-refractivity contribution in [3.8, 4) is 0 Å². The zero-order valence-corrected chi connectivity index (χ0v) is 12.6. The van der Waals surface area contributed by atoms with Gasteiger partial charge in [-0.2, -0.15) is 0 Å². The van der Waals surface area contributed by atoms with Crippen LogP contribution in [0.25, 0.3) is 0 Å². The van der Waals surface area contributed by atoms with Gasteiger partial charge in [0.2, 0.25) is 0 Å². The van der Waals surface area contributed by atoms with E-state index in [1.165, 1.54) is 0 Å². The largest absolute Gasteiger partial charge is 0.389 e. The normalized spacial score (nSPS) is 22.6. The molecule has 0 amide bonds. The van der Waals surface area contributed by atoms with Gasteiger partial charge in [-0.1, -0.05) is 13.8 Å². The number of nitrogens with zero attached hydrogens (tertiary/aromatic N) is 3. The van der Waals surface area contributed by atoms with Crippen molar-refractivity contribution in [1.29, 1.82) is 0 Å². The van der Waals surface area contributed by atoms with Gasteiger partial charge in [0.25, 0.3) is 0 Å². The Morgan fingerprint density at radius 3 is 2.35 bits per heavy atom. The van der Waals surface area contributed by atoms with E-state index in [-0.39, 0.29) is 5.92 Å². The number of hydrogen-bond donors (Lipinski definition) is 3. The fraction of sp³-hybridized carbons (Fsp3) is 0.714. The van der Waals surface area contributed by atoms with Crippen LogP contribution in [-0.4, -0.2) is 52.0 Å². The first kappa shape index (κ1) is 15.0. The standard InChI is InChI=1S/C14H24N4O2/c1-5-15-13-9(4)14(17-12(16-13)8(2)3)18-6-10(19)11(20)7-18/h8,10-11,19-20H,5-7H2,1-4H3,(H,15,16,17). The van der Waals surface area contributed by atoms with Crippen LogP contribution < -0.4 is 10.2 Å². The van der Waals surface area contributed by atoms with Crippen LogP contribution in [0.4, 0.5) is 11.6 Å². The zero-order valence-electron chi connectivity index (χ0n) is 12.6. The van der Waals surface area contributed by atoms with Crippen molar-refractivity contribution in [3.63, 3.8) is 0 Å². The molecule has 1 aliphatic rings. The molecule has 0 spiro atoms. The van der Waals surface area contributed by atoms with Gasteiger partial charge in [-0.25, -0.2) is 9.97 Å². The number of anilines is 2. The molecule has 0 aromatic carbocycles. The van der Waals surface area contributed by atoms with Gasteiger partial charge in [0.15, 0.2) is 0 Å². The van der Waals surface area contributed by atoms with Crippen molar-refractivity contribution >= 4 is 11.6 Å². The topological polar surface area (TPSA) is 81.5 Å². The molecule has 2 heterocycles. The van der Waals surface area contributed by atoms with Crippen LogP contribution >= 0.6 is 0 Å². The number of nitrogens with one attached hydrogen (secondary N) is 1. The summed E-state index contributed by atoms with van der Waals surface area (Å²) in [4.78, 5) is 11.1. The highest BCUT2D eigenvalue weighted by Gasteiger charge is 2.32. The van der Waals surface area contributed by atoms with Crippen molar-refractivity contribution in [2.45, 2.75) is 45.8 Å². The predicted octanol–water partition coefficient (Wildman–Crippen LogP) is 0.882. The summed E-state index contributed by atoms with van der Waals surface area (Å²) in [5.41, 5.74) is 0.956. The van der Waals surface area contributed by atoms with E-state index in [2.05, 4.69) is 29.1 Å². The molecule has 1 fully saturated rings. The molecule has 2 atom stereocenters. The number of aliphatic hydroxyl groups excluding tert-OH is 2. The molecule has 20 heavy (non-hydrogen) atoms. The van der Waals surface area contributed by atoms with Crippen molar-refractivity contribution in [2.75, 3.05) is 29.9 Å². The maximum atomic E-state index is 9.72. The molecule has 0 aliphatic carbocycles. The Morgan fingerprint density at radius 1 is 1.25 bits per heavy atom. The monoisotopic (exact) mass is 280 g/mol. The van der Waals surface area contributed by atoms with Gasteiger partial charge < -0.3 is 20.4 Å². The van der Waals surface area contributed by atoms with E-state index in [0.29, 0.717) is 13.1 Å². The van der Waals surface area contributed by atoms with E-state index in [1.807, 2.05) is 18.7 Å². The molecule has 1 aliphatic heterocycles. The van der Waals surface area contributed by atoms with E-state index >= 15 is 0 Å². The van der Waals surface area contributed by atoms with Crippen LogP contribution in [0.1, 0.15) is 38.1 Å². The average Bonchev–Trinajstić information content (AvgIpc) is 2.72. The minimum absolute atomic E-state index is 0.226. The highest BCUT2D eigenvalue weighted by molar-refractivity contribution is 5.59. The van der Waals surface area contributed by atoms with Gasteiger partial charge in [0, 0.05) is 31.1 Å². The quantitative estimate of drug-likeness (QED) is 0.759. The number of β-amino-alcohol motifs (C(OH)–C–C–N with tert-alkyl or cyclic N) is 2. The van der Waals surface area contributed by atoms with Crippen LogP contribution in [0.5, 0.6) is 0 Å². The van der Waals surface area contributed by atoms with Gasteiger partial charge in [0.1, 0.15) is 17.5 Å². The van der Waals surface area contributed by atoms with Crippen molar-refractivity contribution in [3.05, 3.63) is 11.4 Å². The minimum Gasteiger partial charge on any atom is -0.389 e. The summed E-state index contributed by atoms with van der Waals surface area (Å²) in [6.07, 6.45) is -1.43. The van der Waals surface area contributed by atoms with Crippen LogP contribution in [0.2, 0.25) is 0 Å².